The molecule has 6 nitrogen and oxygen atoms in total. The summed E-state index contributed by atoms with van der Waals surface area (Å²) in [7, 11) is 0. The first kappa shape index (κ1) is 26.0. The summed E-state index contributed by atoms with van der Waals surface area (Å²) in [5.74, 6) is -1.74. The average molecular weight is 495 g/mol. The number of hydrogen-bond acceptors (Lipinski definition) is 5. The number of hydrogen-bond donors (Lipinski definition) is 2. The number of carbonyl (C=O) groups is 3. The smallest absolute Gasteiger partial charge is 0.338 e. The molecule has 1 atom stereocenters. The average Bonchev–Trinajstić information content (AvgIpc) is 2.85. The molecule has 0 aliphatic carbocycles. The molecule has 0 spiro atoms. The van der Waals surface area contributed by atoms with Crippen LogP contribution in [0.1, 0.15) is 47.4 Å². The van der Waals surface area contributed by atoms with E-state index in [1.54, 1.807) is 55.5 Å². The van der Waals surface area contributed by atoms with Gasteiger partial charge in [0.25, 0.3) is 5.91 Å². The fourth-order valence-electron chi connectivity index (χ4n) is 3.07. The molecule has 0 saturated heterocycles. The molecular weight excluding hydrogens is 467 g/mol. The van der Waals surface area contributed by atoms with Gasteiger partial charge in [-0.2, -0.15) is 0 Å². The molecule has 0 aromatic heterocycles. The first-order valence-electron chi connectivity index (χ1n) is 11.3. The Morgan fingerprint density at radius 1 is 0.943 bits per heavy atom. The van der Waals surface area contributed by atoms with Crippen molar-refractivity contribution in [2.45, 2.75) is 36.8 Å². The van der Waals surface area contributed by atoms with Crippen molar-refractivity contribution in [3.05, 3.63) is 89.7 Å². The Morgan fingerprint density at radius 2 is 1.69 bits per heavy atom. The summed E-state index contributed by atoms with van der Waals surface area (Å²) < 4.78 is 19.0. The zero-order valence-corrected chi connectivity index (χ0v) is 20.4. The van der Waals surface area contributed by atoms with Gasteiger partial charge < -0.3 is 15.4 Å². The van der Waals surface area contributed by atoms with Crippen LogP contribution in [0.15, 0.2) is 77.7 Å². The van der Waals surface area contributed by atoms with Crippen molar-refractivity contribution in [2.24, 2.45) is 0 Å². The number of esters is 1. The second-order valence-corrected chi connectivity index (χ2v) is 9.19. The molecular formula is C27H27FN2O4S. The lowest BCUT2D eigenvalue weighted by molar-refractivity contribution is -0.115. The topological polar surface area (TPSA) is 84.5 Å². The van der Waals surface area contributed by atoms with Crippen molar-refractivity contribution in [3.8, 4) is 0 Å². The van der Waals surface area contributed by atoms with E-state index in [0.29, 0.717) is 23.5 Å². The van der Waals surface area contributed by atoms with Crippen LogP contribution in [0.2, 0.25) is 0 Å². The van der Waals surface area contributed by atoms with E-state index in [1.807, 2.05) is 13.0 Å². The number of anilines is 2. The first-order chi connectivity index (χ1) is 16.9. The maximum atomic E-state index is 13.9. The zero-order chi connectivity index (χ0) is 25.2. The fourth-order valence-corrected chi connectivity index (χ4v) is 4.00. The summed E-state index contributed by atoms with van der Waals surface area (Å²) in [4.78, 5) is 37.8. The van der Waals surface area contributed by atoms with Crippen LogP contribution in [0.25, 0.3) is 0 Å². The van der Waals surface area contributed by atoms with E-state index in [9.17, 15) is 18.8 Å². The zero-order valence-electron chi connectivity index (χ0n) is 19.5. The van der Waals surface area contributed by atoms with E-state index >= 15 is 0 Å². The molecule has 2 amide bonds. The van der Waals surface area contributed by atoms with E-state index in [1.165, 1.54) is 30.0 Å². The predicted molar refractivity (Wildman–Crippen MR) is 136 cm³/mol. The standard InChI is InChI=1S/C27H27FN2O4S/c1-3-4-16-34-27(33)19-12-14-20(15-13-19)29-25(31)18(2)35-22-9-7-8-21(17-22)30-26(32)23-10-5-6-11-24(23)28/h5-15,17-18H,3-4,16H2,1-2H3,(H,29,31)(H,30,32). The van der Waals surface area contributed by atoms with Crippen molar-refractivity contribution in [1.82, 2.24) is 0 Å². The van der Waals surface area contributed by atoms with Crippen LogP contribution < -0.4 is 10.6 Å². The molecule has 1 unspecified atom stereocenters. The molecule has 0 aliphatic rings. The molecule has 2 N–H and O–H groups in total. The molecule has 8 heteroatoms. The van der Waals surface area contributed by atoms with Crippen LogP contribution in [-0.4, -0.2) is 29.6 Å². The van der Waals surface area contributed by atoms with Gasteiger partial charge >= 0.3 is 5.97 Å². The number of halogens is 1. The maximum absolute atomic E-state index is 13.9. The number of ether oxygens (including phenoxy) is 1. The Balaban J connectivity index is 1.55. The van der Waals surface area contributed by atoms with Crippen LogP contribution in [0.4, 0.5) is 15.8 Å². The third-order valence-corrected chi connectivity index (χ3v) is 6.11. The first-order valence-corrected chi connectivity index (χ1v) is 12.2. The molecule has 0 radical (unpaired) electrons. The van der Waals surface area contributed by atoms with Gasteiger partial charge in [-0.25, -0.2) is 9.18 Å². The second-order valence-electron chi connectivity index (χ2n) is 7.78. The summed E-state index contributed by atoms with van der Waals surface area (Å²) in [6, 6.07) is 19.3. The Hall–Kier alpha value is -3.65. The van der Waals surface area contributed by atoms with Crippen LogP contribution >= 0.6 is 11.8 Å². The molecule has 0 aliphatic heterocycles. The lowest BCUT2D eigenvalue weighted by atomic mass is 10.2. The highest BCUT2D eigenvalue weighted by atomic mass is 32.2. The predicted octanol–water partition coefficient (Wildman–Crippen LogP) is 6.15. The molecule has 182 valence electrons. The number of amides is 2. The lowest BCUT2D eigenvalue weighted by Crippen LogP contribution is -2.22. The number of benzene rings is 3. The van der Waals surface area contributed by atoms with Gasteiger partial charge in [0.15, 0.2) is 0 Å². The van der Waals surface area contributed by atoms with Gasteiger partial charge in [-0.05, 0) is 67.9 Å². The van der Waals surface area contributed by atoms with Crippen molar-refractivity contribution in [1.29, 1.82) is 0 Å². The van der Waals surface area contributed by atoms with E-state index in [0.717, 1.165) is 17.7 Å². The van der Waals surface area contributed by atoms with Crippen LogP contribution in [0.3, 0.4) is 0 Å². The Morgan fingerprint density at radius 3 is 2.40 bits per heavy atom. The summed E-state index contributed by atoms with van der Waals surface area (Å²) >= 11 is 1.32. The van der Waals surface area contributed by atoms with E-state index < -0.39 is 17.0 Å². The lowest BCUT2D eigenvalue weighted by Gasteiger charge is -2.13. The van der Waals surface area contributed by atoms with Crippen LogP contribution in [-0.2, 0) is 9.53 Å². The molecule has 35 heavy (non-hydrogen) atoms. The van der Waals surface area contributed by atoms with Crippen molar-refractivity contribution < 1.29 is 23.5 Å². The molecule has 3 aromatic rings. The van der Waals surface area contributed by atoms with Crippen LogP contribution in [0.5, 0.6) is 0 Å². The van der Waals surface area contributed by atoms with Gasteiger partial charge in [-0.1, -0.05) is 31.5 Å². The normalized spacial score (nSPS) is 11.4. The van der Waals surface area contributed by atoms with Gasteiger partial charge in [0.05, 0.1) is 23.0 Å². The van der Waals surface area contributed by atoms with Gasteiger partial charge in [0.1, 0.15) is 5.82 Å². The summed E-state index contributed by atoms with van der Waals surface area (Å²) in [5.41, 5.74) is 1.45. The minimum Gasteiger partial charge on any atom is -0.462 e. The SMILES string of the molecule is CCCCOC(=O)c1ccc(NC(=O)C(C)Sc2cccc(NC(=O)c3ccccc3F)c2)cc1. The Bertz CT molecular complexity index is 1180. The Labute approximate surface area is 208 Å². The summed E-state index contributed by atoms with van der Waals surface area (Å²) in [6.45, 7) is 4.17. The highest BCUT2D eigenvalue weighted by Crippen LogP contribution is 2.27. The van der Waals surface area contributed by atoms with Gasteiger partial charge in [-0.15, -0.1) is 11.8 Å². The van der Waals surface area contributed by atoms with Crippen molar-refractivity contribution in [2.75, 3.05) is 17.2 Å². The van der Waals surface area contributed by atoms with E-state index in [2.05, 4.69) is 10.6 Å². The molecule has 0 bridgehead atoms. The minimum absolute atomic E-state index is 0.0430. The number of rotatable bonds is 10. The number of thioether (sulfide) groups is 1. The third kappa shape index (κ3) is 7.68. The monoisotopic (exact) mass is 494 g/mol. The highest BCUT2D eigenvalue weighted by Gasteiger charge is 2.16. The largest absolute Gasteiger partial charge is 0.462 e. The number of nitrogens with one attached hydrogen (secondary N) is 2. The van der Waals surface area contributed by atoms with Gasteiger partial charge in [0.2, 0.25) is 5.91 Å². The van der Waals surface area contributed by atoms with Gasteiger partial charge in [0, 0.05) is 16.3 Å². The van der Waals surface area contributed by atoms with Crippen LogP contribution in [0, 0.1) is 5.82 Å². The van der Waals surface area contributed by atoms with Gasteiger partial charge in [-0.3, -0.25) is 9.59 Å². The number of carbonyl (C=O) groups excluding carboxylic acids is 3. The van der Waals surface area contributed by atoms with Crippen molar-refractivity contribution >= 4 is 40.9 Å². The highest BCUT2D eigenvalue weighted by molar-refractivity contribution is 8.00. The van der Waals surface area contributed by atoms with Crippen molar-refractivity contribution in [3.63, 3.8) is 0 Å². The second kappa shape index (κ2) is 12.7. The molecule has 0 fully saturated rings. The summed E-state index contributed by atoms with van der Waals surface area (Å²) in [6.07, 6.45) is 1.76. The number of unbranched alkanes of at least 4 members (excludes halogenated alkanes) is 1. The van der Waals surface area contributed by atoms with E-state index in [4.69, 9.17) is 4.74 Å². The third-order valence-electron chi connectivity index (χ3n) is 5.01. The molecule has 3 aromatic carbocycles. The minimum atomic E-state index is -0.595. The fraction of sp³-hybridized carbons (Fsp3) is 0.222. The Kier molecular flexibility index (Phi) is 9.43. The quantitative estimate of drug-likeness (QED) is 0.200. The molecule has 0 heterocycles. The summed E-state index contributed by atoms with van der Waals surface area (Å²) in [5, 5.41) is 5.07. The molecule has 0 saturated carbocycles. The van der Waals surface area contributed by atoms with E-state index in [-0.39, 0.29) is 17.4 Å². The maximum Gasteiger partial charge on any atom is 0.338 e. The molecule has 3 rings (SSSR count).